The summed E-state index contributed by atoms with van der Waals surface area (Å²) in [6, 6.07) is 4.02. The van der Waals surface area contributed by atoms with E-state index in [1.54, 1.807) is 6.20 Å². The van der Waals surface area contributed by atoms with Crippen LogP contribution in [0.3, 0.4) is 0 Å². The molecular weight excluding hydrogens is 324 g/mol. The average molecular weight is 351 g/mol. The van der Waals surface area contributed by atoms with Crippen LogP contribution < -0.4 is 0 Å². The molecule has 4 nitrogen and oxygen atoms in total. The standard InChI is InChI=1S/C19H27ClN2O2/c1-19(2,3)24-18(23)22-11-15-6-4-5-14(16(15)12-22)9-13-7-8-21-17(20)10-13/h7-8,10,14-16H,4-6,9,11-12H2,1-3H3/t14?,15-,16-/m0/s1. The monoisotopic (exact) mass is 350 g/mol. The minimum absolute atomic E-state index is 0.164. The zero-order chi connectivity index (χ0) is 17.3. The molecule has 1 aromatic heterocycles. The lowest BCUT2D eigenvalue weighted by Gasteiger charge is -2.32. The molecule has 2 fully saturated rings. The average Bonchev–Trinajstić information content (AvgIpc) is 2.91. The van der Waals surface area contributed by atoms with Gasteiger partial charge in [0.15, 0.2) is 0 Å². The molecule has 0 spiro atoms. The fourth-order valence-corrected chi connectivity index (χ4v) is 4.39. The van der Waals surface area contributed by atoms with E-state index >= 15 is 0 Å². The number of carbonyl (C=O) groups is 1. The van der Waals surface area contributed by atoms with Crippen LogP contribution in [-0.4, -0.2) is 34.7 Å². The summed E-state index contributed by atoms with van der Waals surface area (Å²) in [5.41, 5.74) is 0.814. The Hall–Kier alpha value is -1.29. The molecule has 2 aliphatic rings. The number of halogens is 1. The Morgan fingerprint density at radius 3 is 2.88 bits per heavy atom. The Morgan fingerprint density at radius 2 is 2.17 bits per heavy atom. The molecule has 1 unspecified atom stereocenters. The van der Waals surface area contributed by atoms with Crippen molar-refractivity contribution >= 4 is 17.7 Å². The molecule has 132 valence electrons. The van der Waals surface area contributed by atoms with E-state index in [2.05, 4.69) is 11.1 Å². The molecule has 1 aromatic rings. The minimum Gasteiger partial charge on any atom is -0.444 e. The van der Waals surface area contributed by atoms with Gasteiger partial charge in [-0.1, -0.05) is 18.0 Å². The largest absolute Gasteiger partial charge is 0.444 e. The Labute approximate surface area is 149 Å². The molecule has 1 amide bonds. The van der Waals surface area contributed by atoms with E-state index in [0.717, 1.165) is 19.5 Å². The topological polar surface area (TPSA) is 42.4 Å². The molecule has 5 heteroatoms. The molecule has 1 saturated carbocycles. The van der Waals surface area contributed by atoms with Crippen LogP contribution in [0.2, 0.25) is 5.15 Å². The molecule has 1 aliphatic heterocycles. The number of fused-ring (bicyclic) bond motifs is 1. The molecule has 3 rings (SSSR count). The van der Waals surface area contributed by atoms with Gasteiger partial charge in [0.1, 0.15) is 10.8 Å². The zero-order valence-corrected chi connectivity index (χ0v) is 15.6. The summed E-state index contributed by atoms with van der Waals surface area (Å²) in [6.45, 7) is 7.42. The van der Waals surface area contributed by atoms with Crippen molar-refractivity contribution in [2.75, 3.05) is 13.1 Å². The predicted molar refractivity (Wildman–Crippen MR) is 95.1 cm³/mol. The smallest absolute Gasteiger partial charge is 0.410 e. The van der Waals surface area contributed by atoms with Crippen LogP contribution in [-0.2, 0) is 11.2 Å². The van der Waals surface area contributed by atoms with Crippen LogP contribution in [0.5, 0.6) is 0 Å². The molecule has 2 heterocycles. The summed E-state index contributed by atoms with van der Waals surface area (Å²) in [5.74, 6) is 1.78. The molecule has 0 bridgehead atoms. The number of likely N-dealkylation sites (tertiary alicyclic amines) is 1. The lowest BCUT2D eigenvalue weighted by Crippen LogP contribution is -2.35. The first-order valence-corrected chi connectivity index (χ1v) is 9.28. The van der Waals surface area contributed by atoms with Crippen molar-refractivity contribution in [3.63, 3.8) is 0 Å². The Morgan fingerprint density at radius 1 is 1.38 bits per heavy atom. The van der Waals surface area contributed by atoms with Gasteiger partial charge in [-0.3, -0.25) is 0 Å². The van der Waals surface area contributed by atoms with Gasteiger partial charge < -0.3 is 9.64 Å². The van der Waals surface area contributed by atoms with Crippen molar-refractivity contribution in [1.82, 2.24) is 9.88 Å². The highest BCUT2D eigenvalue weighted by Crippen LogP contribution is 2.42. The van der Waals surface area contributed by atoms with Gasteiger partial charge >= 0.3 is 6.09 Å². The molecule has 0 aromatic carbocycles. The van der Waals surface area contributed by atoms with Gasteiger partial charge in [0, 0.05) is 19.3 Å². The highest BCUT2D eigenvalue weighted by Gasteiger charge is 2.42. The summed E-state index contributed by atoms with van der Waals surface area (Å²) in [4.78, 5) is 18.4. The third kappa shape index (κ3) is 4.21. The minimum atomic E-state index is -0.433. The van der Waals surface area contributed by atoms with Crippen molar-refractivity contribution in [2.24, 2.45) is 17.8 Å². The molecule has 24 heavy (non-hydrogen) atoms. The molecule has 1 saturated heterocycles. The maximum atomic E-state index is 12.4. The number of nitrogens with zero attached hydrogens (tertiary/aromatic N) is 2. The van der Waals surface area contributed by atoms with Crippen molar-refractivity contribution in [3.05, 3.63) is 29.0 Å². The van der Waals surface area contributed by atoms with Gasteiger partial charge in [-0.2, -0.15) is 0 Å². The summed E-state index contributed by atoms with van der Waals surface area (Å²) in [7, 11) is 0. The number of aromatic nitrogens is 1. The molecule has 3 atom stereocenters. The second-order valence-electron chi connectivity index (χ2n) is 8.19. The fourth-order valence-electron chi connectivity index (χ4n) is 4.19. The number of hydrogen-bond donors (Lipinski definition) is 0. The van der Waals surface area contributed by atoms with E-state index in [-0.39, 0.29) is 6.09 Å². The van der Waals surface area contributed by atoms with Gasteiger partial charge in [-0.05, 0) is 75.5 Å². The lowest BCUT2D eigenvalue weighted by atomic mass is 9.72. The Kier molecular flexibility index (Phi) is 5.05. The van der Waals surface area contributed by atoms with E-state index in [1.807, 2.05) is 31.7 Å². The van der Waals surface area contributed by atoms with Crippen LogP contribution >= 0.6 is 11.6 Å². The number of hydrogen-bond acceptors (Lipinski definition) is 3. The van der Waals surface area contributed by atoms with E-state index < -0.39 is 5.60 Å². The maximum Gasteiger partial charge on any atom is 0.410 e. The third-order valence-electron chi connectivity index (χ3n) is 5.19. The predicted octanol–water partition coefficient (Wildman–Crippen LogP) is 4.56. The maximum absolute atomic E-state index is 12.4. The van der Waals surface area contributed by atoms with E-state index in [1.165, 1.54) is 24.8 Å². The van der Waals surface area contributed by atoms with Crippen LogP contribution in [0.15, 0.2) is 18.3 Å². The van der Waals surface area contributed by atoms with Crippen molar-refractivity contribution < 1.29 is 9.53 Å². The summed E-state index contributed by atoms with van der Waals surface area (Å²) < 4.78 is 5.56. The van der Waals surface area contributed by atoms with E-state index in [4.69, 9.17) is 16.3 Å². The zero-order valence-electron chi connectivity index (χ0n) is 14.8. The summed E-state index contributed by atoms with van der Waals surface area (Å²) >= 11 is 6.02. The first-order valence-electron chi connectivity index (χ1n) is 8.90. The van der Waals surface area contributed by atoms with E-state index in [9.17, 15) is 4.79 Å². The quantitative estimate of drug-likeness (QED) is 0.734. The van der Waals surface area contributed by atoms with Gasteiger partial charge in [0.05, 0.1) is 0 Å². The van der Waals surface area contributed by atoms with Crippen LogP contribution in [0.1, 0.15) is 45.6 Å². The molecule has 1 aliphatic carbocycles. The van der Waals surface area contributed by atoms with Gasteiger partial charge in [0.2, 0.25) is 0 Å². The van der Waals surface area contributed by atoms with Gasteiger partial charge in [-0.25, -0.2) is 9.78 Å². The van der Waals surface area contributed by atoms with Crippen molar-refractivity contribution in [2.45, 2.75) is 52.1 Å². The summed E-state index contributed by atoms with van der Waals surface area (Å²) in [6.07, 6.45) is 6.32. The first-order chi connectivity index (χ1) is 11.3. The van der Waals surface area contributed by atoms with Crippen molar-refractivity contribution in [1.29, 1.82) is 0 Å². The SMILES string of the molecule is CC(C)(C)OC(=O)N1C[C@@H]2CCCC(Cc3ccnc(Cl)c3)[C@@H]2C1. The fraction of sp³-hybridized carbons (Fsp3) is 0.684. The van der Waals surface area contributed by atoms with Crippen LogP contribution in [0, 0.1) is 17.8 Å². The Bertz CT molecular complexity index is 599. The van der Waals surface area contributed by atoms with Crippen molar-refractivity contribution in [3.8, 4) is 0 Å². The normalized spacial score (nSPS) is 27.0. The molecule has 0 radical (unpaired) electrons. The second kappa shape index (κ2) is 6.91. The highest BCUT2D eigenvalue weighted by molar-refractivity contribution is 6.29. The number of amides is 1. The number of ether oxygens (including phenoxy) is 1. The van der Waals surface area contributed by atoms with Crippen LogP contribution in [0.25, 0.3) is 0 Å². The molecular formula is C19H27ClN2O2. The number of carbonyl (C=O) groups excluding carboxylic acids is 1. The second-order valence-corrected chi connectivity index (χ2v) is 8.58. The van der Waals surface area contributed by atoms with Gasteiger partial charge in [-0.15, -0.1) is 0 Å². The lowest BCUT2D eigenvalue weighted by molar-refractivity contribution is 0.0282. The number of rotatable bonds is 2. The summed E-state index contributed by atoms with van der Waals surface area (Å²) in [5, 5.41) is 0.557. The van der Waals surface area contributed by atoms with Crippen LogP contribution in [0.4, 0.5) is 4.79 Å². The first kappa shape index (κ1) is 17.5. The third-order valence-corrected chi connectivity index (χ3v) is 5.39. The van der Waals surface area contributed by atoms with Gasteiger partial charge in [0.25, 0.3) is 0 Å². The Balaban J connectivity index is 1.66. The number of pyridine rings is 1. The highest BCUT2D eigenvalue weighted by atomic mass is 35.5. The van der Waals surface area contributed by atoms with E-state index in [0.29, 0.717) is 22.9 Å². The molecule has 0 N–H and O–H groups in total.